The van der Waals surface area contributed by atoms with Crippen LogP contribution in [-0.2, 0) is 4.79 Å². The Kier molecular flexibility index (Phi) is 5.76. The number of nitrogens with one attached hydrogen (secondary N) is 2. The molecule has 0 aliphatic carbocycles. The van der Waals surface area contributed by atoms with Crippen molar-refractivity contribution in [2.75, 3.05) is 32.0 Å². The standard InChI is InChI=1S/C17H27N3O/c1-13(2)15-6-4-5-7-16(15)19-17(21)12-20-10-8-14(18-3)9-11-20/h4-7,13-14,18H,8-12H2,1-3H3,(H,19,21). The molecule has 4 heteroatoms. The van der Waals surface area contributed by atoms with E-state index >= 15 is 0 Å². The van der Waals surface area contributed by atoms with Crippen LogP contribution in [0.1, 0.15) is 38.2 Å². The van der Waals surface area contributed by atoms with E-state index in [0.717, 1.165) is 31.6 Å². The maximum Gasteiger partial charge on any atom is 0.238 e. The van der Waals surface area contributed by atoms with Crippen molar-refractivity contribution in [1.82, 2.24) is 10.2 Å². The number of nitrogens with zero attached hydrogens (tertiary/aromatic N) is 1. The van der Waals surface area contributed by atoms with Gasteiger partial charge < -0.3 is 10.6 Å². The van der Waals surface area contributed by atoms with E-state index < -0.39 is 0 Å². The summed E-state index contributed by atoms with van der Waals surface area (Å²) in [6.07, 6.45) is 2.23. The Morgan fingerprint density at radius 2 is 1.95 bits per heavy atom. The van der Waals surface area contributed by atoms with E-state index in [4.69, 9.17) is 0 Å². The molecule has 1 saturated heterocycles. The lowest BCUT2D eigenvalue weighted by Crippen LogP contribution is -2.44. The number of benzene rings is 1. The fourth-order valence-corrected chi connectivity index (χ4v) is 2.89. The molecule has 2 rings (SSSR count). The Labute approximate surface area is 127 Å². The molecule has 1 aliphatic rings. The lowest BCUT2D eigenvalue weighted by atomic mass is 10.0. The SMILES string of the molecule is CNC1CCN(CC(=O)Nc2ccccc2C(C)C)CC1. The largest absolute Gasteiger partial charge is 0.325 e. The smallest absolute Gasteiger partial charge is 0.238 e. The van der Waals surface area contributed by atoms with Gasteiger partial charge in [0, 0.05) is 24.8 Å². The van der Waals surface area contributed by atoms with Gasteiger partial charge in [-0.2, -0.15) is 0 Å². The average Bonchev–Trinajstić information content (AvgIpc) is 2.48. The van der Waals surface area contributed by atoms with Gasteiger partial charge in [-0.05, 0) is 37.4 Å². The number of hydrogen-bond acceptors (Lipinski definition) is 3. The van der Waals surface area contributed by atoms with Gasteiger partial charge in [0.1, 0.15) is 0 Å². The Hall–Kier alpha value is -1.39. The van der Waals surface area contributed by atoms with Crippen LogP contribution in [0.3, 0.4) is 0 Å². The molecule has 0 spiro atoms. The maximum absolute atomic E-state index is 12.2. The molecule has 1 heterocycles. The van der Waals surface area contributed by atoms with Gasteiger partial charge in [0.2, 0.25) is 5.91 Å². The predicted molar refractivity (Wildman–Crippen MR) is 87.7 cm³/mol. The zero-order chi connectivity index (χ0) is 15.2. The summed E-state index contributed by atoms with van der Waals surface area (Å²) in [5.74, 6) is 0.499. The Morgan fingerprint density at radius 1 is 1.29 bits per heavy atom. The molecular formula is C17H27N3O. The number of likely N-dealkylation sites (tertiary alicyclic amines) is 1. The van der Waals surface area contributed by atoms with Crippen molar-refractivity contribution >= 4 is 11.6 Å². The van der Waals surface area contributed by atoms with Gasteiger partial charge in [0.25, 0.3) is 0 Å². The summed E-state index contributed by atoms with van der Waals surface area (Å²) in [6.45, 7) is 6.76. The lowest BCUT2D eigenvalue weighted by molar-refractivity contribution is -0.117. The van der Waals surface area contributed by atoms with Crippen molar-refractivity contribution in [2.24, 2.45) is 0 Å². The molecule has 2 N–H and O–H groups in total. The maximum atomic E-state index is 12.2. The molecule has 0 radical (unpaired) electrons. The van der Waals surface area contributed by atoms with Crippen molar-refractivity contribution in [3.8, 4) is 0 Å². The molecule has 21 heavy (non-hydrogen) atoms. The molecule has 0 aromatic heterocycles. The van der Waals surface area contributed by atoms with Crippen LogP contribution >= 0.6 is 0 Å². The first-order chi connectivity index (χ1) is 10.1. The number of rotatable bonds is 5. The van der Waals surface area contributed by atoms with Crippen LogP contribution in [0, 0.1) is 0 Å². The number of carbonyl (C=O) groups excluding carboxylic acids is 1. The van der Waals surface area contributed by atoms with Crippen molar-refractivity contribution in [1.29, 1.82) is 0 Å². The molecule has 1 fully saturated rings. The van der Waals surface area contributed by atoms with E-state index in [9.17, 15) is 4.79 Å². The Balaban J connectivity index is 1.88. The molecule has 116 valence electrons. The zero-order valence-electron chi connectivity index (χ0n) is 13.4. The van der Waals surface area contributed by atoms with Crippen LogP contribution in [-0.4, -0.2) is 43.5 Å². The van der Waals surface area contributed by atoms with E-state index in [-0.39, 0.29) is 5.91 Å². The molecule has 4 nitrogen and oxygen atoms in total. The summed E-state index contributed by atoms with van der Waals surface area (Å²) in [4.78, 5) is 14.5. The Morgan fingerprint density at radius 3 is 2.57 bits per heavy atom. The molecule has 1 amide bonds. The van der Waals surface area contributed by atoms with Gasteiger partial charge in [0.15, 0.2) is 0 Å². The highest BCUT2D eigenvalue weighted by atomic mass is 16.2. The first-order valence-corrected chi connectivity index (χ1v) is 7.88. The summed E-state index contributed by atoms with van der Waals surface area (Å²) < 4.78 is 0. The van der Waals surface area contributed by atoms with E-state index in [2.05, 4.69) is 35.4 Å². The van der Waals surface area contributed by atoms with Crippen LogP contribution in [0.4, 0.5) is 5.69 Å². The third-order valence-corrected chi connectivity index (χ3v) is 4.22. The predicted octanol–water partition coefficient (Wildman–Crippen LogP) is 2.43. The Bertz CT molecular complexity index is 465. The summed E-state index contributed by atoms with van der Waals surface area (Å²) in [5.41, 5.74) is 2.14. The third-order valence-electron chi connectivity index (χ3n) is 4.22. The van der Waals surface area contributed by atoms with Crippen molar-refractivity contribution in [3.05, 3.63) is 29.8 Å². The second-order valence-electron chi connectivity index (χ2n) is 6.13. The van der Waals surface area contributed by atoms with Crippen LogP contribution < -0.4 is 10.6 Å². The zero-order valence-corrected chi connectivity index (χ0v) is 13.4. The quantitative estimate of drug-likeness (QED) is 0.875. The highest BCUT2D eigenvalue weighted by Crippen LogP contribution is 2.23. The minimum absolute atomic E-state index is 0.0889. The van der Waals surface area contributed by atoms with Gasteiger partial charge in [-0.1, -0.05) is 32.0 Å². The molecule has 1 aliphatic heterocycles. The van der Waals surface area contributed by atoms with Gasteiger partial charge in [-0.3, -0.25) is 9.69 Å². The molecule has 0 atom stereocenters. The van der Waals surface area contributed by atoms with E-state index in [1.54, 1.807) is 0 Å². The van der Waals surface area contributed by atoms with Crippen molar-refractivity contribution < 1.29 is 4.79 Å². The minimum atomic E-state index is 0.0889. The number of anilines is 1. The second kappa shape index (κ2) is 7.57. The van der Waals surface area contributed by atoms with Gasteiger partial charge >= 0.3 is 0 Å². The van der Waals surface area contributed by atoms with Crippen LogP contribution in [0.15, 0.2) is 24.3 Å². The number of piperidine rings is 1. The van der Waals surface area contributed by atoms with Gasteiger partial charge in [-0.25, -0.2) is 0 Å². The summed E-state index contributed by atoms with van der Waals surface area (Å²) in [7, 11) is 2.01. The minimum Gasteiger partial charge on any atom is -0.325 e. The number of hydrogen-bond donors (Lipinski definition) is 2. The van der Waals surface area contributed by atoms with E-state index in [1.807, 2.05) is 25.2 Å². The molecule has 1 aromatic carbocycles. The topological polar surface area (TPSA) is 44.4 Å². The van der Waals surface area contributed by atoms with Crippen LogP contribution in [0.5, 0.6) is 0 Å². The highest BCUT2D eigenvalue weighted by molar-refractivity contribution is 5.93. The lowest BCUT2D eigenvalue weighted by Gasteiger charge is -2.31. The monoisotopic (exact) mass is 289 g/mol. The summed E-state index contributed by atoms with van der Waals surface area (Å²) in [6, 6.07) is 8.66. The molecule has 0 bridgehead atoms. The number of carbonyl (C=O) groups is 1. The van der Waals surface area contributed by atoms with Crippen LogP contribution in [0.25, 0.3) is 0 Å². The molecule has 0 unspecified atom stereocenters. The van der Waals surface area contributed by atoms with Gasteiger partial charge in [-0.15, -0.1) is 0 Å². The van der Waals surface area contributed by atoms with Crippen molar-refractivity contribution in [2.45, 2.75) is 38.6 Å². The summed E-state index contributed by atoms with van der Waals surface area (Å²) in [5, 5.41) is 6.38. The molecule has 1 aromatic rings. The normalized spacial score (nSPS) is 17.1. The number of para-hydroxylation sites is 1. The second-order valence-corrected chi connectivity index (χ2v) is 6.13. The van der Waals surface area contributed by atoms with Crippen LogP contribution in [0.2, 0.25) is 0 Å². The van der Waals surface area contributed by atoms with Crippen molar-refractivity contribution in [3.63, 3.8) is 0 Å². The molecule has 0 saturated carbocycles. The van der Waals surface area contributed by atoms with Gasteiger partial charge in [0.05, 0.1) is 6.54 Å². The fourth-order valence-electron chi connectivity index (χ4n) is 2.89. The first-order valence-electron chi connectivity index (χ1n) is 7.88. The third kappa shape index (κ3) is 4.55. The fraction of sp³-hybridized carbons (Fsp3) is 0.588. The number of amides is 1. The average molecular weight is 289 g/mol. The van der Waals surface area contributed by atoms with E-state index in [1.165, 1.54) is 5.56 Å². The van der Waals surface area contributed by atoms with E-state index in [0.29, 0.717) is 18.5 Å². The summed E-state index contributed by atoms with van der Waals surface area (Å²) >= 11 is 0. The first kappa shape index (κ1) is 16.0. The highest BCUT2D eigenvalue weighted by Gasteiger charge is 2.20. The molecular weight excluding hydrogens is 262 g/mol.